The Labute approximate surface area is 90.1 Å². The van der Waals surface area contributed by atoms with E-state index >= 15 is 0 Å². The summed E-state index contributed by atoms with van der Waals surface area (Å²) in [7, 11) is 1.59. The van der Waals surface area contributed by atoms with Crippen LogP contribution in [0.25, 0.3) is 0 Å². The molecule has 1 aromatic heterocycles. The van der Waals surface area contributed by atoms with Crippen LogP contribution in [-0.4, -0.2) is 23.6 Å². The van der Waals surface area contributed by atoms with Crippen LogP contribution in [0.15, 0.2) is 6.07 Å². The molecule has 1 heterocycles. The van der Waals surface area contributed by atoms with Gasteiger partial charge in [-0.15, -0.1) is 11.8 Å². The SMILES string of the molecule is CC#CCCNc1cc(OC)nc(C)n1. The molecule has 1 aromatic rings. The van der Waals surface area contributed by atoms with Crippen molar-refractivity contribution in [2.24, 2.45) is 0 Å². The summed E-state index contributed by atoms with van der Waals surface area (Å²) < 4.78 is 5.04. The fourth-order valence-electron chi connectivity index (χ4n) is 1.11. The van der Waals surface area contributed by atoms with Crippen LogP contribution in [0.1, 0.15) is 19.2 Å². The lowest BCUT2D eigenvalue weighted by molar-refractivity contribution is 0.396. The van der Waals surface area contributed by atoms with Gasteiger partial charge in [-0.05, 0) is 13.8 Å². The zero-order chi connectivity index (χ0) is 11.1. The second kappa shape index (κ2) is 5.86. The number of anilines is 1. The van der Waals surface area contributed by atoms with Crippen LogP contribution in [0.5, 0.6) is 5.88 Å². The maximum Gasteiger partial charge on any atom is 0.218 e. The van der Waals surface area contributed by atoms with Gasteiger partial charge in [0.1, 0.15) is 11.6 Å². The van der Waals surface area contributed by atoms with E-state index in [4.69, 9.17) is 4.74 Å². The Hall–Kier alpha value is -1.76. The highest BCUT2D eigenvalue weighted by molar-refractivity contribution is 5.38. The first-order chi connectivity index (χ1) is 7.26. The Morgan fingerprint density at radius 3 is 2.93 bits per heavy atom. The number of hydrogen-bond acceptors (Lipinski definition) is 4. The van der Waals surface area contributed by atoms with E-state index in [1.807, 2.05) is 13.8 Å². The van der Waals surface area contributed by atoms with Crippen LogP contribution in [0.4, 0.5) is 5.82 Å². The molecule has 0 unspecified atom stereocenters. The van der Waals surface area contributed by atoms with Crippen molar-refractivity contribution in [3.8, 4) is 17.7 Å². The highest BCUT2D eigenvalue weighted by Gasteiger charge is 2.00. The predicted octanol–water partition coefficient (Wildman–Crippen LogP) is 1.62. The highest BCUT2D eigenvalue weighted by Crippen LogP contribution is 2.12. The molecule has 0 spiro atoms. The molecule has 0 aromatic carbocycles. The molecule has 1 rings (SSSR count). The summed E-state index contributed by atoms with van der Waals surface area (Å²) in [6.07, 6.45) is 0.807. The zero-order valence-corrected chi connectivity index (χ0v) is 9.29. The number of aryl methyl sites for hydroxylation is 1. The van der Waals surface area contributed by atoms with Gasteiger partial charge in [0.25, 0.3) is 0 Å². The predicted molar refractivity (Wildman–Crippen MR) is 59.9 cm³/mol. The van der Waals surface area contributed by atoms with Gasteiger partial charge in [0, 0.05) is 19.0 Å². The van der Waals surface area contributed by atoms with E-state index < -0.39 is 0 Å². The molecule has 0 aliphatic heterocycles. The zero-order valence-electron chi connectivity index (χ0n) is 9.29. The molecule has 0 saturated heterocycles. The van der Waals surface area contributed by atoms with E-state index in [9.17, 15) is 0 Å². The minimum atomic E-state index is 0.576. The van der Waals surface area contributed by atoms with E-state index in [0.29, 0.717) is 11.7 Å². The molecule has 0 amide bonds. The topological polar surface area (TPSA) is 47.0 Å². The first-order valence-electron chi connectivity index (χ1n) is 4.79. The summed E-state index contributed by atoms with van der Waals surface area (Å²) in [4.78, 5) is 8.32. The first-order valence-corrected chi connectivity index (χ1v) is 4.79. The van der Waals surface area contributed by atoms with Crippen molar-refractivity contribution in [2.45, 2.75) is 20.3 Å². The van der Waals surface area contributed by atoms with Crippen molar-refractivity contribution >= 4 is 5.82 Å². The highest BCUT2D eigenvalue weighted by atomic mass is 16.5. The summed E-state index contributed by atoms with van der Waals surface area (Å²) in [5.74, 6) is 7.86. The Morgan fingerprint density at radius 2 is 2.27 bits per heavy atom. The minimum absolute atomic E-state index is 0.576. The van der Waals surface area contributed by atoms with Gasteiger partial charge >= 0.3 is 0 Å². The summed E-state index contributed by atoms with van der Waals surface area (Å²) in [6.45, 7) is 4.44. The molecule has 0 aliphatic rings. The van der Waals surface area contributed by atoms with Crippen LogP contribution >= 0.6 is 0 Å². The van der Waals surface area contributed by atoms with Crippen molar-refractivity contribution in [3.63, 3.8) is 0 Å². The quantitative estimate of drug-likeness (QED) is 0.599. The summed E-state index contributed by atoms with van der Waals surface area (Å²) in [5.41, 5.74) is 0. The third-order valence-electron chi connectivity index (χ3n) is 1.76. The van der Waals surface area contributed by atoms with Crippen LogP contribution in [0.3, 0.4) is 0 Å². The third-order valence-corrected chi connectivity index (χ3v) is 1.76. The first kappa shape index (κ1) is 11.3. The molecule has 0 fully saturated rings. The van der Waals surface area contributed by atoms with Crippen molar-refractivity contribution in [2.75, 3.05) is 19.0 Å². The number of aromatic nitrogens is 2. The Morgan fingerprint density at radius 1 is 1.47 bits per heavy atom. The average Bonchev–Trinajstić information content (AvgIpc) is 2.23. The maximum atomic E-state index is 5.04. The van der Waals surface area contributed by atoms with Gasteiger partial charge in [0.05, 0.1) is 7.11 Å². The average molecular weight is 205 g/mol. The molecule has 15 heavy (non-hydrogen) atoms. The van der Waals surface area contributed by atoms with Crippen LogP contribution in [0, 0.1) is 18.8 Å². The number of nitrogens with one attached hydrogen (secondary N) is 1. The summed E-state index contributed by atoms with van der Waals surface area (Å²) >= 11 is 0. The van der Waals surface area contributed by atoms with Crippen molar-refractivity contribution in [3.05, 3.63) is 11.9 Å². The monoisotopic (exact) mass is 205 g/mol. The normalized spacial score (nSPS) is 9.00. The smallest absolute Gasteiger partial charge is 0.218 e. The number of rotatable bonds is 4. The summed E-state index contributed by atoms with van der Waals surface area (Å²) in [6, 6.07) is 1.77. The van der Waals surface area contributed by atoms with Crippen LogP contribution in [0.2, 0.25) is 0 Å². The Kier molecular flexibility index (Phi) is 4.42. The van der Waals surface area contributed by atoms with Gasteiger partial charge in [-0.25, -0.2) is 4.98 Å². The molecule has 0 aliphatic carbocycles. The summed E-state index contributed by atoms with van der Waals surface area (Å²) in [5, 5.41) is 3.16. The van der Waals surface area contributed by atoms with Crippen LogP contribution in [-0.2, 0) is 0 Å². The molecule has 4 heteroatoms. The molecule has 0 atom stereocenters. The maximum absolute atomic E-state index is 5.04. The van der Waals surface area contributed by atoms with Gasteiger partial charge in [0.2, 0.25) is 5.88 Å². The molecule has 0 saturated carbocycles. The van der Waals surface area contributed by atoms with Crippen LogP contribution < -0.4 is 10.1 Å². The van der Waals surface area contributed by atoms with Crippen molar-refractivity contribution < 1.29 is 4.74 Å². The van der Waals surface area contributed by atoms with Gasteiger partial charge in [-0.3, -0.25) is 0 Å². The van der Waals surface area contributed by atoms with E-state index in [1.54, 1.807) is 13.2 Å². The van der Waals surface area contributed by atoms with Gasteiger partial charge in [-0.2, -0.15) is 4.98 Å². The third kappa shape index (κ3) is 3.86. The lowest BCUT2D eigenvalue weighted by Gasteiger charge is -2.06. The molecule has 80 valence electrons. The molecule has 4 nitrogen and oxygen atoms in total. The Balaban J connectivity index is 2.59. The molecule has 0 bridgehead atoms. The fourth-order valence-corrected chi connectivity index (χ4v) is 1.11. The van der Waals surface area contributed by atoms with Gasteiger partial charge < -0.3 is 10.1 Å². The number of hydrogen-bond donors (Lipinski definition) is 1. The second-order valence-corrected chi connectivity index (χ2v) is 2.95. The van der Waals surface area contributed by atoms with E-state index in [1.165, 1.54) is 0 Å². The van der Waals surface area contributed by atoms with E-state index in [0.717, 1.165) is 18.8 Å². The standard InChI is InChI=1S/C11H15N3O/c1-4-5-6-7-12-10-8-11(15-3)14-9(2)13-10/h8H,6-7H2,1-3H3,(H,12,13,14). The molecule has 1 N–H and O–H groups in total. The number of nitrogens with zero attached hydrogens (tertiary/aromatic N) is 2. The largest absolute Gasteiger partial charge is 0.481 e. The van der Waals surface area contributed by atoms with E-state index in [-0.39, 0.29) is 0 Å². The van der Waals surface area contributed by atoms with Crippen molar-refractivity contribution in [1.82, 2.24) is 9.97 Å². The number of ether oxygens (including phenoxy) is 1. The molecular formula is C11H15N3O. The van der Waals surface area contributed by atoms with Gasteiger partial charge in [-0.1, -0.05) is 0 Å². The number of methoxy groups -OCH3 is 1. The minimum Gasteiger partial charge on any atom is -0.481 e. The Bertz CT molecular complexity index is 379. The fraction of sp³-hybridized carbons (Fsp3) is 0.455. The second-order valence-electron chi connectivity index (χ2n) is 2.95. The lowest BCUT2D eigenvalue weighted by atomic mass is 10.4. The van der Waals surface area contributed by atoms with Crippen molar-refractivity contribution in [1.29, 1.82) is 0 Å². The van der Waals surface area contributed by atoms with E-state index in [2.05, 4.69) is 27.1 Å². The lowest BCUT2D eigenvalue weighted by Crippen LogP contribution is -2.04. The molecular weight excluding hydrogens is 190 g/mol. The van der Waals surface area contributed by atoms with Gasteiger partial charge in [0.15, 0.2) is 0 Å². The molecule has 0 radical (unpaired) electrons.